The van der Waals surface area contributed by atoms with E-state index in [0.29, 0.717) is 11.7 Å². The van der Waals surface area contributed by atoms with E-state index in [1.54, 1.807) is 0 Å². The molecule has 5 aliphatic rings. The van der Waals surface area contributed by atoms with E-state index in [9.17, 15) is 14.7 Å². The van der Waals surface area contributed by atoms with E-state index < -0.39 is 5.41 Å². The standard InChI is InChI=1S/C31H48O4/c1-26(2)22-9-12-31(7)24(29(22,5)11-10-23(26)33)21(32)17-19-20-18-28(4,25(34)35-8)14-13-27(20,3)15-16-30(19,31)6/h17,20,22-24,33H,9-16,18H2,1-8H3/t20?,22?,23?,24?,27-,28+,29+,30-,31-/m1/s1. The second kappa shape index (κ2) is 7.45. The number of esters is 1. The lowest BCUT2D eigenvalue weighted by molar-refractivity contribution is -0.202. The molecule has 4 unspecified atom stereocenters. The van der Waals surface area contributed by atoms with Crippen LogP contribution in [-0.2, 0) is 14.3 Å². The average Bonchev–Trinajstić information content (AvgIpc) is 2.78. The van der Waals surface area contributed by atoms with E-state index in [2.05, 4.69) is 54.5 Å². The fourth-order valence-corrected chi connectivity index (χ4v) is 10.6. The van der Waals surface area contributed by atoms with Gasteiger partial charge >= 0.3 is 5.97 Å². The van der Waals surface area contributed by atoms with Crippen molar-refractivity contribution in [2.24, 2.45) is 50.2 Å². The molecule has 5 rings (SSSR count). The Balaban J connectivity index is 1.61. The number of hydrogen-bond donors (Lipinski definition) is 1. The number of rotatable bonds is 1. The van der Waals surface area contributed by atoms with Crippen molar-refractivity contribution in [1.29, 1.82) is 0 Å². The first-order valence-electron chi connectivity index (χ1n) is 14.1. The van der Waals surface area contributed by atoms with Gasteiger partial charge in [0.15, 0.2) is 5.78 Å². The zero-order valence-corrected chi connectivity index (χ0v) is 23.4. The van der Waals surface area contributed by atoms with Crippen molar-refractivity contribution in [1.82, 2.24) is 0 Å². The lowest BCUT2D eigenvalue weighted by atomic mass is 9.33. The molecular weight excluding hydrogens is 436 g/mol. The molecular formula is C31H48O4. The molecule has 4 heteroatoms. The second-order valence-corrected chi connectivity index (χ2v) is 15.1. The van der Waals surface area contributed by atoms with Gasteiger partial charge in [0.1, 0.15) is 0 Å². The van der Waals surface area contributed by atoms with Crippen molar-refractivity contribution in [2.45, 2.75) is 112 Å². The number of allylic oxidation sites excluding steroid dienone is 2. The van der Waals surface area contributed by atoms with Gasteiger partial charge < -0.3 is 9.84 Å². The average molecular weight is 485 g/mol. The smallest absolute Gasteiger partial charge is 0.311 e. The maximum Gasteiger partial charge on any atom is 0.311 e. The van der Waals surface area contributed by atoms with Crippen LogP contribution < -0.4 is 0 Å². The number of carbonyl (C=O) groups is 2. The molecule has 4 fully saturated rings. The van der Waals surface area contributed by atoms with Crippen LogP contribution >= 0.6 is 0 Å². The molecule has 0 aromatic rings. The maximum absolute atomic E-state index is 14.3. The Morgan fingerprint density at radius 1 is 0.943 bits per heavy atom. The van der Waals surface area contributed by atoms with Crippen molar-refractivity contribution < 1.29 is 19.4 Å². The number of carbonyl (C=O) groups excluding carboxylic acids is 2. The van der Waals surface area contributed by atoms with Crippen molar-refractivity contribution in [3.63, 3.8) is 0 Å². The van der Waals surface area contributed by atoms with E-state index in [4.69, 9.17) is 4.74 Å². The van der Waals surface area contributed by atoms with E-state index in [1.165, 1.54) is 12.7 Å². The fraction of sp³-hybridized carbons (Fsp3) is 0.871. The topological polar surface area (TPSA) is 63.6 Å². The number of methoxy groups -OCH3 is 1. The molecule has 0 aliphatic heterocycles. The normalized spacial score (nSPS) is 52.8. The van der Waals surface area contributed by atoms with Crippen LogP contribution in [0.15, 0.2) is 11.6 Å². The first-order chi connectivity index (χ1) is 16.1. The molecule has 0 heterocycles. The van der Waals surface area contributed by atoms with Crippen LogP contribution in [0, 0.1) is 50.2 Å². The third-order valence-corrected chi connectivity index (χ3v) is 13.2. The quantitative estimate of drug-likeness (QED) is 0.431. The highest BCUT2D eigenvalue weighted by molar-refractivity contribution is 5.95. The molecule has 0 saturated heterocycles. The van der Waals surface area contributed by atoms with Crippen LogP contribution in [0.5, 0.6) is 0 Å². The van der Waals surface area contributed by atoms with Crippen LogP contribution in [0.25, 0.3) is 0 Å². The first kappa shape index (κ1) is 25.5. The Hall–Kier alpha value is -1.16. The summed E-state index contributed by atoms with van der Waals surface area (Å²) in [4.78, 5) is 27.1. The third-order valence-electron chi connectivity index (χ3n) is 13.2. The monoisotopic (exact) mass is 484 g/mol. The maximum atomic E-state index is 14.3. The summed E-state index contributed by atoms with van der Waals surface area (Å²) in [6, 6.07) is 0. The number of hydrogen-bond acceptors (Lipinski definition) is 4. The number of aliphatic hydroxyl groups is 1. The van der Waals surface area contributed by atoms with Gasteiger partial charge in [-0.3, -0.25) is 9.59 Å². The number of aliphatic hydroxyl groups excluding tert-OH is 1. The summed E-state index contributed by atoms with van der Waals surface area (Å²) in [7, 11) is 1.50. The fourth-order valence-electron chi connectivity index (χ4n) is 10.6. The third kappa shape index (κ3) is 3.07. The van der Waals surface area contributed by atoms with E-state index in [-0.39, 0.29) is 51.0 Å². The molecule has 0 spiro atoms. The lowest BCUT2D eigenvalue weighted by Gasteiger charge is -2.70. The second-order valence-electron chi connectivity index (χ2n) is 15.1. The molecule has 35 heavy (non-hydrogen) atoms. The van der Waals surface area contributed by atoms with Crippen LogP contribution in [-0.4, -0.2) is 30.1 Å². The first-order valence-corrected chi connectivity index (χ1v) is 14.1. The molecule has 0 radical (unpaired) electrons. The van der Waals surface area contributed by atoms with Crippen molar-refractivity contribution >= 4 is 11.8 Å². The molecule has 4 saturated carbocycles. The summed E-state index contributed by atoms with van der Waals surface area (Å²) in [5.41, 5.74) is 0.590. The molecule has 4 nitrogen and oxygen atoms in total. The Labute approximate surface area is 212 Å². The number of ether oxygens (including phenoxy) is 1. The van der Waals surface area contributed by atoms with E-state index in [1.807, 2.05) is 0 Å². The molecule has 0 bridgehead atoms. The Bertz CT molecular complexity index is 980. The summed E-state index contributed by atoms with van der Waals surface area (Å²) in [6.45, 7) is 16.2. The summed E-state index contributed by atoms with van der Waals surface area (Å²) in [5.74, 6) is 0.805. The minimum absolute atomic E-state index is 0.00536. The zero-order chi connectivity index (χ0) is 25.8. The van der Waals surface area contributed by atoms with Crippen LogP contribution in [0.2, 0.25) is 0 Å². The Kier molecular flexibility index (Phi) is 5.43. The predicted octanol–water partition coefficient (Wildman–Crippen LogP) is 6.50. The summed E-state index contributed by atoms with van der Waals surface area (Å²) in [6.07, 6.45) is 10.5. The van der Waals surface area contributed by atoms with Crippen molar-refractivity contribution in [2.75, 3.05) is 7.11 Å². The molecule has 0 aromatic heterocycles. The predicted molar refractivity (Wildman–Crippen MR) is 137 cm³/mol. The number of ketones is 1. The van der Waals surface area contributed by atoms with Crippen molar-refractivity contribution in [3.8, 4) is 0 Å². The van der Waals surface area contributed by atoms with Crippen molar-refractivity contribution in [3.05, 3.63) is 11.6 Å². The molecule has 0 aromatic carbocycles. The van der Waals surface area contributed by atoms with Crippen LogP contribution in [0.4, 0.5) is 0 Å². The SMILES string of the molecule is COC(=O)[C@@]1(C)CC[C@]2(C)CC[C@]3(C)C(=CC(=O)C4[C@@]5(C)CCC(O)C(C)(C)C5CC[C@]43C)C2C1. The zero-order valence-electron chi connectivity index (χ0n) is 23.4. The van der Waals surface area contributed by atoms with E-state index in [0.717, 1.165) is 57.8 Å². The minimum atomic E-state index is -0.480. The highest BCUT2D eigenvalue weighted by Gasteiger charge is 2.70. The Morgan fingerprint density at radius 3 is 2.26 bits per heavy atom. The molecule has 9 atom stereocenters. The lowest BCUT2D eigenvalue weighted by Crippen LogP contribution is -2.66. The molecule has 5 aliphatic carbocycles. The summed E-state index contributed by atoms with van der Waals surface area (Å²) < 4.78 is 5.25. The van der Waals surface area contributed by atoms with Gasteiger partial charge in [0.2, 0.25) is 0 Å². The number of fused-ring (bicyclic) bond motifs is 7. The molecule has 1 N–H and O–H groups in total. The van der Waals surface area contributed by atoms with Gasteiger partial charge in [0.25, 0.3) is 0 Å². The highest BCUT2D eigenvalue weighted by atomic mass is 16.5. The minimum Gasteiger partial charge on any atom is -0.469 e. The summed E-state index contributed by atoms with van der Waals surface area (Å²) >= 11 is 0. The van der Waals surface area contributed by atoms with Gasteiger partial charge in [-0.15, -0.1) is 0 Å². The van der Waals surface area contributed by atoms with Gasteiger partial charge in [-0.05, 0) is 110 Å². The molecule has 0 amide bonds. The largest absolute Gasteiger partial charge is 0.469 e. The van der Waals surface area contributed by atoms with Gasteiger partial charge in [-0.1, -0.05) is 47.1 Å². The van der Waals surface area contributed by atoms with Gasteiger partial charge in [-0.2, -0.15) is 0 Å². The van der Waals surface area contributed by atoms with E-state index >= 15 is 0 Å². The highest BCUT2D eigenvalue weighted by Crippen LogP contribution is 2.75. The van der Waals surface area contributed by atoms with Crippen LogP contribution in [0.3, 0.4) is 0 Å². The summed E-state index contributed by atoms with van der Waals surface area (Å²) in [5, 5.41) is 10.9. The van der Waals surface area contributed by atoms with Gasteiger partial charge in [0.05, 0.1) is 18.6 Å². The van der Waals surface area contributed by atoms with Crippen LogP contribution in [0.1, 0.15) is 106 Å². The van der Waals surface area contributed by atoms with Gasteiger partial charge in [-0.25, -0.2) is 0 Å². The molecule has 196 valence electrons. The Morgan fingerprint density at radius 2 is 1.60 bits per heavy atom. The van der Waals surface area contributed by atoms with Gasteiger partial charge in [0, 0.05) is 5.92 Å².